The maximum absolute atomic E-state index is 14.2. The zero-order valence-electron chi connectivity index (χ0n) is 13.6. The molecular formula is C18H13BrF2N4S. The average molecular weight is 435 g/mol. The number of nitrogens with one attached hydrogen (secondary N) is 1. The van der Waals surface area contributed by atoms with Crippen LogP contribution < -0.4 is 5.32 Å². The lowest BCUT2D eigenvalue weighted by atomic mass is 10.2. The van der Waals surface area contributed by atoms with Crippen LogP contribution in [0.5, 0.6) is 0 Å². The van der Waals surface area contributed by atoms with Gasteiger partial charge < -0.3 is 5.32 Å². The van der Waals surface area contributed by atoms with Gasteiger partial charge in [-0.15, -0.1) is 11.3 Å². The molecule has 1 N–H and O–H groups in total. The first-order valence-electron chi connectivity index (χ1n) is 7.89. The summed E-state index contributed by atoms with van der Waals surface area (Å²) in [5, 5.41) is 10.8. The monoisotopic (exact) mass is 434 g/mol. The zero-order valence-corrected chi connectivity index (χ0v) is 16.0. The van der Waals surface area contributed by atoms with Crippen LogP contribution >= 0.6 is 27.3 Å². The second-order valence-corrected chi connectivity index (χ2v) is 7.39. The van der Waals surface area contributed by atoms with E-state index in [1.165, 1.54) is 29.5 Å². The summed E-state index contributed by atoms with van der Waals surface area (Å²) < 4.78 is 29.6. The van der Waals surface area contributed by atoms with Crippen LogP contribution in [0.4, 0.5) is 19.7 Å². The van der Waals surface area contributed by atoms with E-state index in [0.29, 0.717) is 32.9 Å². The molecule has 0 saturated heterocycles. The van der Waals surface area contributed by atoms with Crippen LogP contribution in [0, 0.1) is 11.6 Å². The van der Waals surface area contributed by atoms with E-state index in [9.17, 15) is 8.78 Å². The van der Waals surface area contributed by atoms with Gasteiger partial charge in [-0.25, -0.2) is 18.4 Å². The Labute approximate surface area is 160 Å². The van der Waals surface area contributed by atoms with E-state index in [4.69, 9.17) is 0 Å². The Morgan fingerprint density at radius 3 is 2.69 bits per heavy atom. The molecule has 4 aromatic rings. The first-order chi connectivity index (χ1) is 12.5. The first-order valence-corrected chi connectivity index (χ1v) is 9.56. The van der Waals surface area contributed by atoms with E-state index in [2.05, 4.69) is 31.3 Å². The van der Waals surface area contributed by atoms with Crippen LogP contribution in [0.25, 0.3) is 22.2 Å². The van der Waals surface area contributed by atoms with E-state index in [1.54, 1.807) is 16.8 Å². The summed E-state index contributed by atoms with van der Waals surface area (Å²) in [4.78, 5) is 4.55. The number of aromatic nitrogens is 3. The normalized spacial score (nSPS) is 11.2. The van der Waals surface area contributed by atoms with Crippen LogP contribution in [0.2, 0.25) is 0 Å². The highest BCUT2D eigenvalue weighted by molar-refractivity contribution is 9.10. The SMILES string of the molecule is CCn1nc2c(F)cc(Br)cc2c1Nc1nc(-c2ccc(F)cc2)cs1. The number of halogens is 3. The minimum Gasteiger partial charge on any atom is -0.316 e. The van der Waals surface area contributed by atoms with Crippen LogP contribution in [-0.2, 0) is 6.54 Å². The fourth-order valence-electron chi connectivity index (χ4n) is 2.70. The lowest BCUT2D eigenvalue weighted by Crippen LogP contribution is -2.02. The number of nitrogens with zero attached hydrogens (tertiary/aromatic N) is 3. The van der Waals surface area contributed by atoms with Crippen molar-refractivity contribution in [2.24, 2.45) is 0 Å². The fourth-order valence-corrected chi connectivity index (χ4v) is 3.85. The summed E-state index contributed by atoms with van der Waals surface area (Å²) in [6.07, 6.45) is 0. The summed E-state index contributed by atoms with van der Waals surface area (Å²) in [5.41, 5.74) is 1.89. The Hall–Kier alpha value is -2.32. The number of hydrogen-bond donors (Lipinski definition) is 1. The first kappa shape index (κ1) is 17.1. The molecule has 0 spiro atoms. The van der Waals surface area contributed by atoms with Crippen molar-refractivity contribution < 1.29 is 8.78 Å². The van der Waals surface area contributed by atoms with E-state index >= 15 is 0 Å². The van der Waals surface area contributed by atoms with E-state index in [-0.39, 0.29) is 11.6 Å². The Kier molecular flexibility index (Phi) is 4.46. The van der Waals surface area contributed by atoms with Crippen LogP contribution in [0.3, 0.4) is 0 Å². The Morgan fingerprint density at radius 2 is 1.96 bits per heavy atom. The highest BCUT2D eigenvalue weighted by atomic mass is 79.9. The highest BCUT2D eigenvalue weighted by Gasteiger charge is 2.16. The van der Waals surface area contributed by atoms with Crippen molar-refractivity contribution in [3.63, 3.8) is 0 Å². The van der Waals surface area contributed by atoms with Crippen molar-refractivity contribution in [3.05, 3.63) is 57.9 Å². The van der Waals surface area contributed by atoms with Crippen molar-refractivity contribution >= 4 is 49.1 Å². The van der Waals surface area contributed by atoms with E-state index in [1.807, 2.05) is 18.4 Å². The molecule has 0 radical (unpaired) electrons. The molecule has 0 aliphatic carbocycles. The van der Waals surface area contributed by atoms with Gasteiger partial charge in [0.25, 0.3) is 0 Å². The van der Waals surface area contributed by atoms with Crippen molar-refractivity contribution in [2.75, 3.05) is 5.32 Å². The predicted molar refractivity (Wildman–Crippen MR) is 104 cm³/mol. The molecule has 0 saturated carbocycles. The molecule has 2 aromatic carbocycles. The van der Waals surface area contributed by atoms with Crippen molar-refractivity contribution in [3.8, 4) is 11.3 Å². The van der Waals surface area contributed by atoms with Crippen molar-refractivity contribution in [1.82, 2.24) is 14.8 Å². The minimum absolute atomic E-state index is 0.284. The van der Waals surface area contributed by atoms with Gasteiger partial charge in [0.05, 0.1) is 5.69 Å². The molecule has 26 heavy (non-hydrogen) atoms. The number of anilines is 2. The molecule has 2 aromatic heterocycles. The van der Waals surface area contributed by atoms with E-state index in [0.717, 1.165) is 11.3 Å². The minimum atomic E-state index is -0.379. The summed E-state index contributed by atoms with van der Waals surface area (Å²) in [5.74, 6) is 0.0201. The van der Waals surface area contributed by atoms with Gasteiger partial charge in [-0.2, -0.15) is 5.10 Å². The summed E-state index contributed by atoms with van der Waals surface area (Å²) in [7, 11) is 0. The van der Waals surface area contributed by atoms with Gasteiger partial charge in [0.2, 0.25) is 0 Å². The second kappa shape index (κ2) is 6.77. The number of benzene rings is 2. The number of rotatable bonds is 4. The molecule has 0 unspecified atom stereocenters. The lowest BCUT2D eigenvalue weighted by molar-refractivity contribution is 0.624. The number of fused-ring (bicyclic) bond motifs is 1. The standard InChI is InChI=1S/C18H13BrF2N4S/c1-2-25-17(13-7-11(19)8-14(21)16(13)24-25)23-18-22-15(9-26-18)10-3-5-12(20)6-4-10/h3-9H,2H2,1H3,(H,22,23). The van der Waals surface area contributed by atoms with E-state index < -0.39 is 0 Å². The number of aryl methyl sites for hydroxylation is 1. The fraction of sp³-hybridized carbons (Fsp3) is 0.111. The Balaban J connectivity index is 1.72. The molecule has 0 amide bonds. The topological polar surface area (TPSA) is 42.7 Å². The van der Waals surface area contributed by atoms with Gasteiger partial charge in [-0.3, -0.25) is 0 Å². The predicted octanol–water partition coefficient (Wildman–Crippen LogP) is 5.96. The summed E-state index contributed by atoms with van der Waals surface area (Å²) in [6, 6.07) is 9.41. The van der Waals surface area contributed by atoms with Gasteiger partial charge in [0.1, 0.15) is 17.2 Å². The van der Waals surface area contributed by atoms with Gasteiger partial charge in [0.15, 0.2) is 10.9 Å². The summed E-state index contributed by atoms with van der Waals surface area (Å²) in [6.45, 7) is 2.53. The second-order valence-electron chi connectivity index (χ2n) is 5.62. The molecule has 0 fully saturated rings. The van der Waals surface area contributed by atoms with Gasteiger partial charge in [-0.1, -0.05) is 15.9 Å². The maximum atomic E-state index is 14.2. The van der Waals surface area contributed by atoms with Crippen LogP contribution in [-0.4, -0.2) is 14.8 Å². The van der Waals surface area contributed by atoms with Crippen LogP contribution in [0.15, 0.2) is 46.3 Å². The average Bonchev–Trinajstić information content (AvgIpc) is 3.21. The smallest absolute Gasteiger partial charge is 0.188 e. The zero-order chi connectivity index (χ0) is 18.3. The molecule has 4 rings (SSSR count). The van der Waals surface area contributed by atoms with Gasteiger partial charge >= 0.3 is 0 Å². The molecule has 0 bridgehead atoms. The molecule has 0 aliphatic rings. The third kappa shape index (κ3) is 3.10. The molecule has 4 nitrogen and oxygen atoms in total. The number of thiazole rings is 1. The largest absolute Gasteiger partial charge is 0.316 e. The third-order valence-electron chi connectivity index (χ3n) is 3.93. The molecule has 0 aliphatic heterocycles. The van der Waals surface area contributed by atoms with Gasteiger partial charge in [0, 0.05) is 27.3 Å². The summed E-state index contributed by atoms with van der Waals surface area (Å²) >= 11 is 4.75. The Morgan fingerprint density at radius 1 is 1.19 bits per heavy atom. The maximum Gasteiger partial charge on any atom is 0.188 e. The molecular weight excluding hydrogens is 422 g/mol. The quantitative estimate of drug-likeness (QED) is 0.430. The highest BCUT2D eigenvalue weighted by Crippen LogP contribution is 2.33. The van der Waals surface area contributed by atoms with Crippen LogP contribution in [0.1, 0.15) is 6.92 Å². The molecule has 0 atom stereocenters. The molecule has 2 heterocycles. The Bertz CT molecular complexity index is 1090. The number of hydrogen-bond acceptors (Lipinski definition) is 4. The van der Waals surface area contributed by atoms with Crippen molar-refractivity contribution in [1.29, 1.82) is 0 Å². The molecule has 132 valence electrons. The third-order valence-corrected chi connectivity index (χ3v) is 5.15. The lowest BCUT2D eigenvalue weighted by Gasteiger charge is -2.06. The van der Waals surface area contributed by atoms with Gasteiger partial charge in [-0.05, 0) is 43.3 Å². The van der Waals surface area contributed by atoms with Crippen molar-refractivity contribution in [2.45, 2.75) is 13.5 Å². The molecule has 8 heteroatoms.